The number of fused-ring (bicyclic) bond motifs is 1. The van der Waals surface area contributed by atoms with Crippen molar-refractivity contribution in [3.8, 4) is 0 Å². The van der Waals surface area contributed by atoms with E-state index in [2.05, 4.69) is 10.4 Å². The largest absolute Gasteiger partial charge is 0.440 e. The van der Waals surface area contributed by atoms with Gasteiger partial charge in [-0.3, -0.25) is 9.79 Å². The average molecular weight is 399 g/mol. The molecule has 0 fully saturated rings. The quantitative estimate of drug-likeness (QED) is 0.712. The van der Waals surface area contributed by atoms with E-state index in [0.717, 1.165) is 16.7 Å². The highest BCUT2D eigenvalue weighted by Gasteiger charge is 2.27. The van der Waals surface area contributed by atoms with E-state index in [1.165, 1.54) is 5.01 Å². The third-order valence-electron chi connectivity index (χ3n) is 4.83. The molecule has 0 saturated carbocycles. The zero-order chi connectivity index (χ0) is 20.9. The van der Waals surface area contributed by atoms with E-state index in [-0.39, 0.29) is 12.5 Å². The highest BCUT2D eigenvalue weighted by atomic mass is 16.6. The summed E-state index contributed by atoms with van der Waals surface area (Å²) < 4.78 is 5.47. The lowest BCUT2D eigenvalue weighted by molar-refractivity contribution is -0.117. The summed E-state index contributed by atoms with van der Waals surface area (Å²) in [7, 11) is 0. The van der Waals surface area contributed by atoms with E-state index < -0.39 is 12.2 Å². The van der Waals surface area contributed by atoms with Crippen LogP contribution in [0.15, 0.2) is 89.9 Å². The molecule has 0 saturated heterocycles. The first kappa shape index (κ1) is 19.4. The maximum atomic E-state index is 12.8. The number of benzodiazepines with no additional fused rings is 1. The van der Waals surface area contributed by atoms with Gasteiger partial charge in [0, 0.05) is 11.1 Å². The third kappa shape index (κ3) is 4.07. The molecule has 0 spiro atoms. The van der Waals surface area contributed by atoms with Gasteiger partial charge in [-0.15, -0.1) is 0 Å². The number of carbonyl (C=O) groups is 2. The Bertz CT molecular complexity index is 1080. The molecular formula is C24H21N3O3. The molecule has 0 radical (unpaired) electrons. The molecule has 150 valence electrons. The first-order chi connectivity index (χ1) is 14.6. The summed E-state index contributed by atoms with van der Waals surface area (Å²) in [5.74, 6) is -0.349. The first-order valence-corrected chi connectivity index (χ1v) is 9.68. The van der Waals surface area contributed by atoms with Crippen molar-refractivity contribution >= 4 is 23.4 Å². The summed E-state index contributed by atoms with van der Waals surface area (Å²) in [6.45, 7) is 1.69. The van der Waals surface area contributed by atoms with Gasteiger partial charge >= 0.3 is 6.09 Å². The second-order valence-corrected chi connectivity index (χ2v) is 6.85. The van der Waals surface area contributed by atoms with E-state index in [0.29, 0.717) is 11.4 Å². The average Bonchev–Trinajstić information content (AvgIpc) is 2.92. The second kappa shape index (κ2) is 8.61. The lowest BCUT2D eigenvalue weighted by Gasteiger charge is -2.24. The third-order valence-corrected chi connectivity index (χ3v) is 4.83. The number of nitrogens with zero attached hydrogens (tertiary/aromatic N) is 2. The van der Waals surface area contributed by atoms with Crippen molar-refractivity contribution in [2.75, 3.05) is 11.6 Å². The van der Waals surface area contributed by atoms with Crippen LogP contribution < -0.4 is 10.4 Å². The minimum Gasteiger partial charge on any atom is -0.440 e. The fourth-order valence-electron chi connectivity index (χ4n) is 3.34. The number of para-hydroxylation sites is 1. The summed E-state index contributed by atoms with van der Waals surface area (Å²) in [5.41, 5.74) is 6.36. The Morgan fingerprint density at radius 1 is 0.967 bits per heavy atom. The molecule has 6 nitrogen and oxygen atoms in total. The number of rotatable bonds is 4. The summed E-state index contributed by atoms with van der Waals surface area (Å²) >= 11 is 0. The number of hydrogen-bond donors (Lipinski definition) is 1. The lowest BCUT2D eigenvalue weighted by atomic mass is 10.0. The van der Waals surface area contributed by atoms with E-state index in [4.69, 9.17) is 4.74 Å². The normalized spacial score (nSPS) is 14.2. The zero-order valence-corrected chi connectivity index (χ0v) is 16.5. The van der Waals surface area contributed by atoms with Crippen molar-refractivity contribution in [1.29, 1.82) is 0 Å². The Kier molecular flexibility index (Phi) is 5.57. The molecule has 3 aromatic rings. The van der Waals surface area contributed by atoms with Crippen LogP contribution in [-0.4, -0.2) is 24.3 Å². The van der Waals surface area contributed by atoms with Gasteiger partial charge in [-0.2, -0.15) is 0 Å². The van der Waals surface area contributed by atoms with Crippen LogP contribution in [0.2, 0.25) is 0 Å². The van der Waals surface area contributed by atoms with Crippen LogP contribution in [-0.2, 0) is 9.53 Å². The standard InChI is InChI=1S/C24H21N3O3/c1-17(18-10-4-2-5-11-18)30-24(29)26-27-21-15-9-8-14-20(21)23(25-16-22(27)28)19-12-6-3-7-13-19/h2-15,17H,16H2,1H3,(H,26,29)/t17-/m0/s1. The Morgan fingerprint density at radius 2 is 1.60 bits per heavy atom. The Morgan fingerprint density at radius 3 is 2.33 bits per heavy atom. The summed E-state index contributed by atoms with van der Waals surface area (Å²) in [5, 5.41) is 1.22. The van der Waals surface area contributed by atoms with Gasteiger partial charge in [0.25, 0.3) is 5.91 Å². The second-order valence-electron chi connectivity index (χ2n) is 6.85. The van der Waals surface area contributed by atoms with Crippen molar-refractivity contribution in [3.63, 3.8) is 0 Å². The van der Waals surface area contributed by atoms with Crippen LogP contribution >= 0.6 is 0 Å². The number of aliphatic imine (C=N–C) groups is 1. The van der Waals surface area contributed by atoms with Crippen LogP contribution in [0.4, 0.5) is 10.5 Å². The first-order valence-electron chi connectivity index (χ1n) is 9.68. The fraction of sp³-hybridized carbons (Fsp3) is 0.125. The number of benzene rings is 3. The topological polar surface area (TPSA) is 71.0 Å². The van der Waals surface area contributed by atoms with Gasteiger partial charge < -0.3 is 4.74 Å². The number of ether oxygens (including phenoxy) is 1. The molecule has 4 rings (SSSR count). The zero-order valence-electron chi connectivity index (χ0n) is 16.5. The smallest absolute Gasteiger partial charge is 0.427 e. The van der Waals surface area contributed by atoms with Crippen molar-refractivity contribution in [1.82, 2.24) is 5.43 Å². The van der Waals surface area contributed by atoms with Gasteiger partial charge in [-0.05, 0) is 18.6 Å². The molecule has 30 heavy (non-hydrogen) atoms. The number of anilines is 1. The van der Waals surface area contributed by atoms with Crippen LogP contribution in [0.3, 0.4) is 0 Å². The SMILES string of the molecule is C[C@H](OC(=O)NN1C(=O)CN=C(c2ccccc2)c2ccccc21)c1ccccc1. The van der Waals surface area contributed by atoms with Crippen molar-refractivity contribution < 1.29 is 14.3 Å². The summed E-state index contributed by atoms with van der Waals surface area (Å²) in [6.07, 6.45) is -1.17. The molecule has 1 aliphatic heterocycles. The van der Waals surface area contributed by atoms with E-state index in [1.54, 1.807) is 13.0 Å². The lowest BCUT2D eigenvalue weighted by Crippen LogP contribution is -2.47. The van der Waals surface area contributed by atoms with Gasteiger partial charge in [0.1, 0.15) is 12.6 Å². The predicted octanol–water partition coefficient (Wildman–Crippen LogP) is 4.27. The molecule has 1 heterocycles. The predicted molar refractivity (Wildman–Crippen MR) is 115 cm³/mol. The van der Waals surface area contributed by atoms with Crippen LogP contribution in [0.25, 0.3) is 0 Å². The van der Waals surface area contributed by atoms with Crippen LogP contribution in [0.1, 0.15) is 29.7 Å². The van der Waals surface area contributed by atoms with E-state index >= 15 is 0 Å². The summed E-state index contributed by atoms with van der Waals surface area (Å²) in [4.78, 5) is 29.9. The number of hydrogen-bond acceptors (Lipinski definition) is 4. The molecule has 0 aliphatic carbocycles. The van der Waals surface area contributed by atoms with Gasteiger partial charge in [0.2, 0.25) is 0 Å². The monoisotopic (exact) mass is 399 g/mol. The highest BCUT2D eigenvalue weighted by molar-refractivity contribution is 6.19. The van der Waals surface area contributed by atoms with Crippen molar-refractivity contribution in [3.05, 3.63) is 102 Å². The van der Waals surface area contributed by atoms with Gasteiger partial charge in [-0.25, -0.2) is 15.2 Å². The minimum atomic E-state index is -0.710. The van der Waals surface area contributed by atoms with E-state index in [1.807, 2.05) is 78.9 Å². The number of carbonyl (C=O) groups excluding carboxylic acids is 2. The van der Waals surface area contributed by atoms with Gasteiger partial charge in [-0.1, -0.05) is 78.9 Å². The van der Waals surface area contributed by atoms with Crippen molar-refractivity contribution in [2.45, 2.75) is 13.0 Å². The maximum Gasteiger partial charge on any atom is 0.427 e. The number of nitrogens with one attached hydrogen (secondary N) is 1. The van der Waals surface area contributed by atoms with E-state index in [9.17, 15) is 9.59 Å². The minimum absolute atomic E-state index is 0.0899. The molecule has 0 aromatic heterocycles. The van der Waals surface area contributed by atoms with Crippen LogP contribution in [0, 0.1) is 0 Å². The highest BCUT2D eigenvalue weighted by Crippen LogP contribution is 2.26. The molecule has 6 heteroatoms. The van der Waals surface area contributed by atoms with Crippen LogP contribution in [0.5, 0.6) is 0 Å². The van der Waals surface area contributed by atoms with Crippen molar-refractivity contribution in [2.24, 2.45) is 4.99 Å². The Labute approximate surface area is 174 Å². The molecule has 0 bridgehead atoms. The Hall–Kier alpha value is -3.93. The molecule has 0 unspecified atom stereocenters. The summed E-state index contributed by atoms with van der Waals surface area (Å²) in [6, 6.07) is 26.4. The molecule has 2 amide bonds. The number of amides is 2. The molecule has 3 aromatic carbocycles. The molecule has 1 N–H and O–H groups in total. The molecular weight excluding hydrogens is 378 g/mol. The maximum absolute atomic E-state index is 12.8. The number of hydrazine groups is 1. The Balaban J connectivity index is 1.59. The van der Waals surface area contributed by atoms with Gasteiger partial charge in [0.15, 0.2) is 0 Å². The molecule has 1 atom stereocenters. The van der Waals surface area contributed by atoms with Gasteiger partial charge in [0.05, 0.1) is 11.4 Å². The molecule has 1 aliphatic rings. The fourth-order valence-corrected chi connectivity index (χ4v) is 3.34.